The molecule has 0 saturated carbocycles. The summed E-state index contributed by atoms with van der Waals surface area (Å²) in [6, 6.07) is 9.60. The summed E-state index contributed by atoms with van der Waals surface area (Å²) in [6.07, 6.45) is 2.92. The topological polar surface area (TPSA) is 88.3 Å². The first kappa shape index (κ1) is 17.1. The number of carbonyl (C=O) groups excluding carboxylic acids is 1. The Bertz CT molecular complexity index is 1030. The lowest BCUT2D eigenvalue weighted by molar-refractivity contribution is 0.0667. The van der Waals surface area contributed by atoms with Gasteiger partial charge in [0.15, 0.2) is 5.69 Å². The van der Waals surface area contributed by atoms with Crippen LogP contribution in [0.1, 0.15) is 39.7 Å². The molecule has 1 unspecified atom stereocenters. The Hall–Kier alpha value is -3.29. The van der Waals surface area contributed by atoms with E-state index in [0.29, 0.717) is 29.4 Å². The number of hydrogen-bond donors (Lipinski definition) is 1. The van der Waals surface area contributed by atoms with Gasteiger partial charge in [-0.3, -0.25) is 4.79 Å². The van der Waals surface area contributed by atoms with Crippen LogP contribution < -0.4 is 0 Å². The highest BCUT2D eigenvalue weighted by Gasteiger charge is 2.28. The van der Waals surface area contributed by atoms with Crippen LogP contribution in [0.15, 0.2) is 42.6 Å². The van der Waals surface area contributed by atoms with Gasteiger partial charge in [0.2, 0.25) is 0 Å². The fourth-order valence-corrected chi connectivity index (χ4v) is 3.53. The van der Waals surface area contributed by atoms with Crippen LogP contribution in [0.25, 0.3) is 10.8 Å². The number of hydrogen-bond acceptors (Lipinski definition) is 4. The molecule has 0 radical (unpaired) electrons. The maximum atomic E-state index is 14.0. The third kappa shape index (κ3) is 3.14. The van der Waals surface area contributed by atoms with E-state index in [1.54, 1.807) is 29.2 Å². The van der Waals surface area contributed by atoms with Crippen molar-refractivity contribution in [2.45, 2.75) is 18.9 Å². The standard InChI is InChI=1S/C19H17FN4O3/c20-16-8-7-15(13-5-1-2-6-14(13)16)18(25)23-9-3-4-12(10-23)24-11-17(19(26)27)21-22-24/h1-2,5-8,11-12H,3-4,9-10H2,(H,26,27). The van der Waals surface area contributed by atoms with E-state index in [4.69, 9.17) is 5.11 Å². The van der Waals surface area contributed by atoms with Gasteiger partial charge in [0, 0.05) is 24.0 Å². The monoisotopic (exact) mass is 368 g/mol. The Morgan fingerprint density at radius 2 is 1.93 bits per heavy atom. The maximum Gasteiger partial charge on any atom is 0.358 e. The van der Waals surface area contributed by atoms with Crippen LogP contribution in [-0.2, 0) is 0 Å². The summed E-state index contributed by atoms with van der Waals surface area (Å²) in [4.78, 5) is 25.8. The molecule has 4 rings (SSSR count). The fraction of sp³-hybridized carbons (Fsp3) is 0.263. The van der Waals surface area contributed by atoms with Crippen LogP contribution in [0, 0.1) is 5.82 Å². The predicted octanol–water partition coefficient (Wildman–Crippen LogP) is 2.75. The second-order valence-electron chi connectivity index (χ2n) is 6.58. The molecular formula is C19H17FN4O3. The molecule has 2 heterocycles. The van der Waals surface area contributed by atoms with Gasteiger partial charge in [-0.2, -0.15) is 0 Å². The number of nitrogens with zero attached hydrogens (tertiary/aromatic N) is 4. The van der Waals surface area contributed by atoms with Gasteiger partial charge in [0.05, 0.1) is 12.2 Å². The minimum atomic E-state index is -1.14. The summed E-state index contributed by atoms with van der Waals surface area (Å²) in [7, 11) is 0. The first-order valence-electron chi connectivity index (χ1n) is 8.66. The van der Waals surface area contributed by atoms with Crippen molar-refractivity contribution >= 4 is 22.6 Å². The van der Waals surface area contributed by atoms with Crippen molar-refractivity contribution < 1.29 is 19.1 Å². The second kappa shape index (κ2) is 6.79. The number of fused-ring (bicyclic) bond motifs is 1. The molecule has 1 aliphatic rings. The molecule has 138 valence electrons. The van der Waals surface area contributed by atoms with Crippen LogP contribution >= 0.6 is 0 Å². The van der Waals surface area contributed by atoms with Gasteiger partial charge in [0.25, 0.3) is 5.91 Å². The Morgan fingerprint density at radius 1 is 1.15 bits per heavy atom. The van der Waals surface area contributed by atoms with Gasteiger partial charge >= 0.3 is 5.97 Å². The van der Waals surface area contributed by atoms with E-state index < -0.39 is 5.97 Å². The third-order valence-corrected chi connectivity index (χ3v) is 4.89. The minimum absolute atomic E-state index is 0.122. The summed E-state index contributed by atoms with van der Waals surface area (Å²) in [5.41, 5.74) is 0.334. The number of carboxylic acids is 1. The zero-order chi connectivity index (χ0) is 19.0. The van der Waals surface area contributed by atoms with Gasteiger partial charge in [-0.1, -0.05) is 29.5 Å². The van der Waals surface area contributed by atoms with Crippen LogP contribution in [-0.4, -0.2) is 50.0 Å². The Balaban J connectivity index is 1.61. The Kier molecular flexibility index (Phi) is 4.31. The van der Waals surface area contributed by atoms with Gasteiger partial charge in [-0.15, -0.1) is 5.10 Å². The van der Waals surface area contributed by atoms with E-state index >= 15 is 0 Å². The average Bonchev–Trinajstić information content (AvgIpc) is 3.19. The van der Waals surface area contributed by atoms with E-state index in [1.165, 1.54) is 23.0 Å². The van der Waals surface area contributed by atoms with Crippen molar-refractivity contribution in [3.63, 3.8) is 0 Å². The molecule has 1 aromatic heterocycles. The van der Waals surface area contributed by atoms with Gasteiger partial charge in [-0.05, 0) is 30.4 Å². The molecule has 7 nitrogen and oxygen atoms in total. The summed E-state index contributed by atoms with van der Waals surface area (Å²) in [5.74, 6) is -1.67. The summed E-state index contributed by atoms with van der Waals surface area (Å²) in [6.45, 7) is 0.981. The molecular weight excluding hydrogens is 351 g/mol. The van der Waals surface area contributed by atoms with Crippen LogP contribution in [0.2, 0.25) is 0 Å². The number of benzene rings is 2. The minimum Gasteiger partial charge on any atom is -0.476 e. The second-order valence-corrected chi connectivity index (χ2v) is 6.58. The lowest BCUT2D eigenvalue weighted by Crippen LogP contribution is -2.41. The van der Waals surface area contributed by atoms with Crippen LogP contribution in [0.3, 0.4) is 0 Å². The Labute approximate surface area is 154 Å². The van der Waals surface area contributed by atoms with Crippen LogP contribution in [0.5, 0.6) is 0 Å². The van der Waals surface area contributed by atoms with Gasteiger partial charge < -0.3 is 10.0 Å². The molecule has 0 bridgehead atoms. The van der Waals surface area contributed by atoms with E-state index in [0.717, 1.165) is 12.8 Å². The zero-order valence-corrected chi connectivity index (χ0v) is 14.4. The number of carbonyl (C=O) groups is 2. The van der Waals surface area contributed by atoms with Crippen molar-refractivity contribution in [3.8, 4) is 0 Å². The molecule has 0 spiro atoms. The molecule has 1 amide bonds. The quantitative estimate of drug-likeness (QED) is 0.768. The van der Waals surface area contributed by atoms with E-state index in [-0.39, 0.29) is 23.5 Å². The molecule has 2 aromatic carbocycles. The SMILES string of the molecule is O=C(O)c1cn(C2CCCN(C(=O)c3ccc(F)c4ccccc34)C2)nn1. The Morgan fingerprint density at radius 3 is 2.67 bits per heavy atom. The molecule has 0 aliphatic carbocycles. The molecule has 3 aromatic rings. The van der Waals surface area contributed by atoms with Crippen molar-refractivity contribution in [2.75, 3.05) is 13.1 Å². The summed E-state index contributed by atoms with van der Waals surface area (Å²) < 4.78 is 15.5. The largest absolute Gasteiger partial charge is 0.476 e. The van der Waals surface area contributed by atoms with Crippen molar-refractivity contribution in [3.05, 3.63) is 59.7 Å². The van der Waals surface area contributed by atoms with E-state index in [9.17, 15) is 14.0 Å². The number of aromatic nitrogens is 3. The maximum absolute atomic E-state index is 14.0. The van der Waals surface area contributed by atoms with Crippen molar-refractivity contribution in [2.24, 2.45) is 0 Å². The lowest BCUT2D eigenvalue weighted by Gasteiger charge is -2.32. The van der Waals surface area contributed by atoms with Crippen molar-refractivity contribution in [1.29, 1.82) is 0 Å². The number of likely N-dealkylation sites (tertiary alicyclic amines) is 1. The molecule has 1 atom stereocenters. The highest BCUT2D eigenvalue weighted by molar-refractivity contribution is 6.07. The highest BCUT2D eigenvalue weighted by atomic mass is 19.1. The first-order chi connectivity index (χ1) is 13.0. The molecule has 1 N–H and O–H groups in total. The zero-order valence-electron chi connectivity index (χ0n) is 14.4. The molecule has 1 aliphatic heterocycles. The number of amides is 1. The first-order valence-corrected chi connectivity index (χ1v) is 8.66. The van der Waals surface area contributed by atoms with E-state index in [1.807, 2.05) is 0 Å². The fourth-order valence-electron chi connectivity index (χ4n) is 3.53. The van der Waals surface area contributed by atoms with Gasteiger partial charge in [-0.25, -0.2) is 13.9 Å². The summed E-state index contributed by atoms with van der Waals surface area (Å²) >= 11 is 0. The lowest BCUT2D eigenvalue weighted by atomic mass is 10.0. The number of piperidine rings is 1. The number of carboxylic acid groups (broad SMARTS) is 1. The average molecular weight is 368 g/mol. The van der Waals surface area contributed by atoms with Gasteiger partial charge in [0.1, 0.15) is 5.82 Å². The third-order valence-electron chi connectivity index (χ3n) is 4.89. The number of halogens is 1. The molecule has 1 saturated heterocycles. The summed E-state index contributed by atoms with van der Waals surface area (Å²) in [5, 5.41) is 17.5. The van der Waals surface area contributed by atoms with E-state index in [2.05, 4.69) is 10.3 Å². The molecule has 27 heavy (non-hydrogen) atoms. The predicted molar refractivity (Wildman–Crippen MR) is 95.1 cm³/mol. The number of aromatic carboxylic acids is 1. The van der Waals surface area contributed by atoms with Crippen molar-refractivity contribution in [1.82, 2.24) is 19.9 Å². The highest BCUT2D eigenvalue weighted by Crippen LogP contribution is 2.26. The smallest absolute Gasteiger partial charge is 0.358 e. The van der Waals surface area contributed by atoms with Crippen LogP contribution in [0.4, 0.5) is 4.39 Å². The number of rotatable bonds is 3. The molecule has 1 fully saturated rings. The molecule has 8 heteroatoms. The normalized spacial score (nSPS) is 17.2.